The number of fused-ring (bicyclic) bond motifs is 2. The third-order valence-electron chi connectivity index (χ3n) is 9.82. The second-order valence-electron chi connectivity index (χ2n) is 12.0. The molecule has 0 amide bonds. The number of nitrogens with zero attached hydrogens (tertiary/aromatic N) is 3. The van der Waals surface area contributed by atoms with E-state index in [1.807, 2.05) is 18.2 Å². The summed E-state index contributed by atoms with van der Waals surface area (Å²) in [6, 6.07) is 18.5. The number of phenols is 1. The smallest absolute Gasteiger partial charge is 0.115 e. The van der Waals surface area contributed by atoms with Gasteiger partial charge in [-0.05, 0) is 100 Å². The zero-order chi connectivity index (χ0) is 25.6. The monoisotopic (exact) mass is 499 g/mol. The van der Waals surface area contributed by atoms with Crippen LogP contribution in [0.4, 0.5) is 0 Å². The lowest BCUT2D eigenvalue weighted by Gasteiger charge is -2.58. The molecule has 3 heterocycles. The van der Waals surface area contributed by atoms with E-state index in [0.717, 1.165) is 81.1 Å². The molecule has 2 aliphatic heterocycles. The minimum Gasteiger partial charge on any atom is -0.508 e. The predicted octanol–water partition coefficient (Wildman–Crippen LogP) is 5.06. The van der Waals surface area contributed by atoms with E-state index < -0.39 is 5.60 Å². The van der Waals surface area contributed by atoms with Crippen molar-refractivity contribution in [2.24, 2.45) is 5.92 Å². The Kier molecular flexibility index (Phi) is 6.50. The van der Waals surface area contributed by atoms with Gasteiger partial charge in [0.15, 0.2) is 0 Å². The van der Waals surface area contributed by atoms with Crippen molar-refractivity contribution in [3.8, 4) is 5.75 Å². The number of rotatable bonds is 6. The van der Waals surface area contributed by atoms with Crippen LogP contribution in [-0.2, 0) is 11.8 Å². The van der Waals surface area contributed by atoms with Gasteiger partial charge >= 0.3 is 0 Å². The summed E-state index contributed by atoms with van der Waals surface area (Å²) < 4.78 is 0. The number of aryl methyl sites for hydroxylation is 1. The van der Waals surface area contributed by atoms with Crippen molar-refractivity contribution < 1.29 is 10.2 Å². The zero-order valence-corrected chi connectivity index (χ0v) is 22.4. The maximum absolute atomic E-state index is 12.7. The maximum Gasteiger partial charge on any atom is 0.115 e. The summed E-state index contributed by atoms with van der Waals surface area (Å²) in [6.07, 6.45) is 6.15. The number of aromatic hydroxyl groups is 1. The van der Waals surface area contributed by atoms with Crippen molar-refractivity contribution >= 4 is 10.9 Å². The summed E-state index contributed by atoms with van der Waals surface area (Å²) in [6.45, 7) is 9.27. The number of hydrogen-bond donors (Lipinski definition) is 2. The number of para-hydroxylation sites is 1. The van der Waals surface area contributed by atoms with Gasteiger partial charge in [-0.3, -0.25) is 9.88 Å². The van der Waals surface area contributed by atoms with Crippen molar-refractivity contribution in [2.45, 2.75) is 69.4 Å². The Morgan fingerprint density at radius 3 is 2.59 bits per heavy atom. The molecule has 5 nitrogen and oxygen atoms in total. The predicted molar refractivity (Wildman–Crippen MR) is 149 cm³/mol. The second kappa shape index (κ2) is 9.68. The fourth-order valence-corrected chi connectivity index (χ4v) is 7.28. The summed E-state index contributed by atoms with van der Waals surface area (Å²) in [5.41, 5.74) is 3.31. The molecule has 0 bridgehead atoms. The largest absolute Gasteiger partial charge is 0.508 e. The Morgan fingerprint density at radius 1 is 0.973 bits per heavy atom. The van der Waals surface area contributed by atoms with Crippen LogP contribution in [0.3, 0.4) is 0 Å². The van der Waals surface area contributed by atoms with E-state index in [0.29, 0.717) is 5.75 Å². The topological polar surface area (TPSA) is 59.8 Å². The molecular weight excluding hydrogens is 458 g/mol. The van der Waals surface area contributed by atoms with Gasteiger partial charge in [-0.2, -0.15) is 0 Å². The molecule has 37 heavy (non-hydrogen) atoms. The number of pyridine rings is 1. The zero-order valence-electron chi connectivity index (χ0n) is 22.4. The molecule has 0 radical (unpaired) electrons. The SMILES string of the molecule is Cc1ccc(O)cc1C12CCN(CCc3ccc4ccccc4n3)CCC1(O)C(C)N(CC1CC1)CC2. The van der Waals surface area contributed by atoms with Crippen molar-refractivity contribution in [1.29, 1.82) is 0 Å². The Bertz CT molecular complexity index is 1270. The Labute approximate surface area is 221 Å². The molecule has 3 aromatic rings. The minimum atomic E-state index is -0.839. The quantitative estimate of drug-likeness (QED) is 0.496. The summed E-state index contributed by atoms with van der Waals surface area (Å²) >= 11 is 0. The first-order valence-corrected chi connectivity index (χ1v) is 14.2. The van der Waals surface area contributed by atoms with Crippen LogP contribution in [-0.4, -0.2) is 69.4 Å². The van der Waals surface area contributed by atoms with E-state index in [1.54, 1.807) is 6.07 Å². The lowest BCUT2D eigenvalue weighted by atomic mass is 9.57. The van der Waals surface area contributed by atoms with Gasteiger partial charge in [0.1, 0.15) is 5.75 Å². The molecule has 3 unspecified atom stereocenters. The minimum absolute atomic E-state index is 0.0886. The van der Waals surface area contributed by atoms with Crippen LogP contribution >= 0.6 is 0 Å². The van der Waals surface area contributed by atoms with E-state index in [2.05, 4.69) is 54.0 Å². The Balaban J connectivity index is 1.27. The highest BCUT2D eigenvalue weighted by molar-refractivity contribution is 5.78. The lowest BCUT2D eigenvalue weighted by molar-refractivity contribution is -0.136. The van der Waals surface area contributed by atoms with Crippen LogP contribution in [0.25, 0.3) is 10.9 Å². The molecule has 2 N–H and O–H groups in total. The van der Waals surface area contributed by atoms with Gasteiger partial charge in [-0.15, -0.1) is 0 Å². The molecule has 2 saturated heterocycles. The van der Waals surface area contributed by atoms with Crippen LogP contribution in [0.5, 0.6) is 5.75 Å². The molecule has 3 aliphatic rings. The van der Waals surface area contributed by atoms with Gasteiger partial charge in [0, 0.05) is 48.6 Å². The van der Waals surface area contributed by atoms with Gasteiger partial charge in [0.25, 0.3) is 0 Å². The number of aromatic nitrogens is 1. The third kappa shape index (κ3) is 4.56. The van der Waals surface area contributed by atoms with Crippen molar-refractivity contribution in [2.75, 3.05) is 32.7 Å². The van der Waals surface area contributed by atoms with Gasteiger partial charge in [0.05, 0.1) is 11.1 Å². The first-order valence-electron chi connectivity index (χ1n) is 14.2. The third-order valence-corrected chi connectivity index (χ3v) is 9.82. The molecule has 1 saturated carbocycles. The number of aliphatic hydroxyl groups is 1. The maximum atomic E-state index is 12.7. The first kappa shape index (κ1) is 24.8. The molecule has 2 aromatic carbocycles. The van der Waals surface area contributed by atoms with Crippen LogP contribution in [0, 0.1) is 12.8 Å². The van der Waals surface area contributed by atoms with Crippen molar-refractivity contribution in [3.63, 3.8) is 0 Å². The first-order chi connectivity index (χ1) is 17.9. The number of benzene rings is 2. The molecule has 3 atom stereocenters. The highest BCUT2D eigenvalue weighted by Gasteiger charge is 2.59. The average molecular weight is 500 g/mol. The van der Waals surface area contributed by atoms with Crippen LogP contribution in [0.15, 0.2) is 54.6 Å². The summed E-state index contributed by atoms with van der Waals surface area (Å²) in [4.78, 5) is 9.99. The lowest BCUT2D eigenvalue weighted by Crippen LogP contribution is -2.68. The van der Waals surface area contributed by atoms with Crippen LogP contribution < -0.4 is 0 Å². The molecule has 196 valence electrons. The molecule has 0 spiro atoms. The van der Waals surface area contributed by atoms with Gasteiger partial charge in [-0.1, -0.05) is 30.3 Å². The van der Waals surface area contributed by atoms with E-state index >= 15 is 0 Å². The van der Waals surface area contributed by atoms with Gasteiger partial charge < -0.3 is 15.1 Å². The summed E-state index contributed by atoms with van der Waals surface area (Å²) in [5.74, 6) is 1.10. The number of likely N-dealkylation sites (tertiary alicyclic amines) is 2. The average Bonchev–Trinajstić information content (AvgIpc) is 3.74. The highest BCUT2D eigenvalue weighted by atomic mass is 16.3. The standard InChI is InChI=1S/C32H41N3O2/c1-23-7-12-28(36)21-29(23)31-14-18-34(17-13-27-11-10-26-5-3-4-6-30(26)33-27)19-16-32(31,37)24(2)35(20-15-31)22-25-8-9-25/h3-7,10-12,21,24-25,36-37H,8-9,13-20,22H2,1-2H3. The molecule has 5 heteroatoms. The molecule has 1 aliphatic carbocycles. The normalized spacial score (nSPS) is 29.2. The second-order valence-corrected chi connectivity index (χ2v) is 12.0. The molecule has 1 aromatic heterocycles. The van der Waals surface area contributed by atoms with Crippen LogP contribution in [0.1, 0.15) is 55.8 Å². The molecule has 6 rings (SSSR count). The highest BCUT2D eigenvalue weighted by Crippen LogP contribution is 2.53. The van der Waals surface area contributed by atoms with Crippen molar-refractivity contribution in [3.05, 3.63) is 71.4 Å². The fourth-order valence-electron chi connectivity index (χ4n) is 7.28. The van der Waals surface area contributed by atoms with Gasteiger partial charge in [0.2, 0.25) is 0 Å². The van der Waals surface area contributed by atoms with E-state index in [4.69, 9.17) is 4.98 Å². The number of hydrogen-bond acceptors (Lipinski definition) is 5. The molecule has 3 fully saturated rings. The Morgan fingerprint density at radius 2 is 1.76 bits per heavy atom. The summed E-state index contributed by atoms with van der Waals surface area (Å²) in [5, 5.41) is 24.4. The van der Waals surface area contributed by atoms with Crippen LogP contribution in [0.2, 0.25) is 0 Å². The Hall–Kier alpha value is -2.47. The van der Waals surface area contributed by atoms with E-state index in [9.17, 15) is 10.2 Å². The van der Waals surface area contributed by atoms with E-state index in [-0.39, 0.29) is 11.5 Å². The fraction of sp³-hybridized carbons (Fsp3) is 0.531. The van der Waals surface area contributed by atoms with E-state index in [1.165, 1.54) is 23.8 Å². The number of phenolic OH excluding ortho intramolecular Hbond substituents is 1. The molecular formula is C32H41N3O2. The van der Waals surface area contributed by atoms with Crippen molar-refractivity contribution in [1.82, 2.24) is 14.8 Å². The van der Waals surface area contributed by atoms with Gasteiger partial charge in [-0.25, -0.2) is 0 Å². The summed E-state index contributed by atoms with van der Waals surface area (Å²) in [7, 11) is 0. The number of piperidine rings is 1.